The molecule has 2 aromatic rings. The smallest absolute Gasteiger partial charge is 0.0934 e. The van der Waals surface area contributed by atoms with Gasteiger partial charge in [-0.2, -0.15) is 0 Å². The molecule has 0 saturated carbocycles. The van der Waals surface area contributed by atoms with Crippen molar-refractivity contribution in [1.82, 2.24) is 4.90 Å². The van der Waals surface area contributed by atoms with E-state index in [0.29, 0.717) is 19.8 Å². The van der Waals surface area contributed by atoms with E-state index in [-0.39, 0.29) is 0 Å². The van der Waals surface area contributed by atoms with Gasteiger partial charge in [-0.3, -0.25) is 4.90 Å². The van der Waals surface area contributed by atoms with Crippen LogP contribution in [0.15, 0.2) is 30.3 Å². The molecule has 0 saturated heterocycles. The maximum Gasteiger partial charge on any atom is 0.0934 e. The summed E-state index contributed by atoms with van der Waals surface area (Å²) in [7, 11) is 1.69. The van der Waals surface area contributed by atoms with Crippen molar-refractivity contribution < 1.29 is 9.47 Å². The van der Waals surface area contributed by atoms with Gasteiger partial charge in [-0.05, 0) is 29.2 Å². The van der Waals surface area contributed by atoms with E-state index < -0.39 is 0 Å². The van der Waals surface area contributed by atoms with Crippen LogP contribution in [-0.4, -0.2) is 31.8 Å². The van der Waals surface area contributed by atoms with Gasteiger partial charge in [0.15, 0.2) is 0 Å². The molecule has 0 aliphatic carbocycles. The van der Waals surface area contributed by atoms with E-state index in [1.807, 2.05) is 0 Å². The second-order valence-corrected chi connectivity index (χ2v) is 7.59. The molecule has 0 spiro atoms. The molecule has 0 radical (unpaired) electrons. The fraction of sp³-hybridized carbons (Fsp3) is 0.444. The highest BCUT2D eigenvalue weighted by molar-refractivity contribution is 7.16. The lowest BCUT2D eigenvalue weighted by Crippen LogP contribution is -2.29. The third-order valence-corrected chi connectivity index (χ3v) is 5.41. The van der Waals surface area contributed by atoms with Crippen LogP contribution < -0.4 is 0 Å². The average molecular weight is 352 g/mol. The summed E-state index contributed by atoms with van der Waals surface area (Å²) in [5.74, 6) is 0. The second-order valence-electron chi connectivity index (χ2n) is 5.82. The lowest BCUT2D eigenvalue weighted by Gasteiger charge is -2.26. The maximum atomic E-state index is 6.12. The van der Waals surface area contributed by atoms with Crippen LogP contribution in [0, 0.1) is 0 Å². The molecule has 124 valence electrons. The Labute approximate surface area is 146 Å². The van der Waals surface area contributed by atoms with Gasteiger partial charge < -0.3 is 9.47 Å². The molecule has 0 unspecified atom stereocenters. The zero-order chi connectivity index (χ0) is 16.1. The summed E-state index contributed by atoms with van der Waals surface area (Å²) in [4.78, 5) is 3.94. The van der Waals surface area contributed by atoms with Gasteiger partial charge in [0, 0.05) is 31.6 Å². The molecule has 3 nitrogen and oxygen atoms in total. The van der Waals surface area contributed by atoms with Crippen molar-refractivity contribution in [2.24, 2.45) is 0 Å². The van der Waals surface area contributed by atoms with Crippen LogP contribution >= 0.6 is 22.9 Å². The highest BCUT2D eigenvalue weighted by Gasteiger charge is 2.18. The number of hydrogen-bond donors (Lipinski definition) is 0. The molecular formula is C18H22ClNO2S. The van der Waals surface area contributed by atoms with Crippen molar-refractivity contribution in [2.75, 3.05) is 26.9 Å². The number of thiophene rings is 1. The monoisotopic (exact) mass is 351 g/mol. The Hall–Kier alpha value is -0.910. The third-order valence-electron chi connectivity index (χ3n) is 4.05. The summed E-state index contributed by atoms with van der Waals surface area (Å²) >= 11 is 7.85. The van der Waals surface area contributed by atoms with Crippen LogP contribution in [0.3, 0.4) is 0 Å². The number of rotatable bonds is 7. The van der Waals surface area contributed by atoms with Crippen molar-refractivity contribution in [1.29, 1.82) is 0 Å². The molecule has 3 rings (SSSR count). The predicted molar refractivity (Wildman–Crippen MR) is 95.1 cm³/mol. The first-order chi connectivity index (χ1) is 11.2. The van der Waals surface area contributed by atoms with Crippen LogP contribution in [0.4, 0.5) is 0 Å². The molecule has 0 N–H and O–H groups in total. The van der Waals surface area contributed by atoms with Crippen LogP contribution in [-0.2, 0) is 35.6 Å². The minimum absolute atomic E-state index is 0.636. The molecule has 1 aliphatic rings. The Morgan fingerprint density at radius 3 is 2.74 bits per heavy atom. The molecule has 1 aliphatic heterocycles. The molecule has 23 heavy (non-hydrogen) atoms. The van der Waals surface area contributed by atoms with Crippen LogP contribution in [0.25, 0.3) is 0 Å². The first-order valence-corrected chi connectivity index (χ1v) is 9.08. The van der Waals surface area contributed by atoms with Crippen molar-refractivity contribution in [2.45, 2.75) is 26.1 Å². The Balaban J connectivity index is 1.51. The topological polar surface area (TPSA) is 21.7 Å². The minimum Gasteiger partial charge on any atom is -0.382 e. The number of halogens is 1. The second kappa shape index (κ2) is 8.27. The summed E-state index contributed by atoms with van der Waals surface area (Å²) in [6.07, 6.45) is 1.11. The lowest BCUT2D eigenvalue weighted by molar-refractivity contribution is 0.0616. The SMILES string of the molecule is COCCOCc1ccc(CN2CCc3sc(Cl)cc3C2)cc1. The summed E-state index contributed by atoms with van der Waals surface area (Å²) in [5, 5.41) is 0. The number of hydrogen-bond acceptors (Lipinski definition) is 4. The first-order valence-electron chi connectivity index (χ1n) is 7.88. The largest absolute Gasteiger partial charge is 0.382 e. The Morgan fingerprint density at radius 2 is 1.96 bits per heavy atom. The number of benzene rings is 1. The molecule has 1 aromatic carbocycles. The van der Waals surface area contributed by atoms with Gasteiger partial charge in [0.25, 0.3) is 0 Å². The molecule has 0 bridgehead atoms. The van der Waals surface area contributed by atoms with Gasteiger partial charge in [-0.1, -0.05) is 35.9 Å². The molecule has 0 fully saturated rings. The fourth-order valence-electron chi connectivity index (χ4n) is 2.82. The number of fused-ring (bicyclic) bond motifs is 1. The Kier molecular flexibility index (Phi) is 6.08. The summed E-state index contributed by atoms with van der Waals surface area (Å²) in [5.41, 5.74) is 3.94. The summed E-state index contributed by atoms with van der Waals surface area (Å²) in [6, 6.07) is 10.8. The third kappa shape index (κ3) is 4.78. The maximum absolute atomic E-state index is 6.12. The van der Waals surface area contributed by atoms with Crippen molar-refractivity contribution in [3.05, 3.63) is 56.2 Å². The van der Waals surface area contributed by atoms with Crippen molar-refractivity contribution in [3.8, 4) is 0 Å². The number of ether oxygens (including phenoxy) is 2. The zero-order valence-corrected chi connectivity index (χ0v) is 15.0. The van der Waals surface area contributed by atoms with Crippen LogP contribution in [0.1, 0.15) is 21.6 Å². The molecule has 0 amide bonds. The van der Waals surface area contributed by atoms with E-state index in [2.05, 4.69) is 35.2 Å². The molecule has 0 atom stereocenters. The van der Waals surface area contributed by atoms with Gasteiger partial charge in [-0.15, -0.1) is 11.3 Å². The summed E-state index contributed by atoms with van der Waals surface area (Å²) < 4.78 is 11.4. The Bertz CT molecular complexity index is 626. The lowest BCUT2D eigenvalue weighted by atomic mass is 10.1. The van der Waals surface area contributed by atoms with Gasteiger partial charge in [0.1, 0.15) is 0 Å². The molecule has 1 aromatic heterocycles. The normalized spacial score (nSPS) is 14.9. The van der Waals surface area contributed by atoms with Gasteiger partial charge in [0.2, 0.25) is 0 Å². The number of methoxy groups -OCH3 is 1. The zero-order valence-electron chi connectivity index (χ0n) is 13.4. The van der Waals surface area contributed by atoms with E-state index in [1.54, 1.807) is 18.4 Å². The number of nitrogens with zero attached hydrogens (tertiary/aromatic N) is 1. The van der Waals surface area contributed by atoms with Crippen molar-refractivity contribution >= 4 is 22.9 Å². The summed E-state index contributed by atoms with van der Waals surface area (Å²) in [6.45, 7) is 5.01. The fourth-order valence-corrected chi connectivity index (χ4v) is 4.12. The van der Waals surface area contributed by atoms with Crippen LogP contribution in [0.2, 0.25) is 4.34 Å². The molecule has 2 heterocycles. The van der Waals surface area contributed by atoms with E-state index >= 15 is 0 Å². The Morgan fingerprint density at radius 1 is 1.17 bits per heavy atom. The minimum atomic E-state index is 0.636. The standard InChI is InChI=1S/C18H22ClNO2S/c1-21-8-9-22-13-15-4-2-14(3-5-15)11-20-7-6-17-16(12-20)10-18(19)23-17/h2-5,10H,6-9,11-13H2,1H3. The van der Waals surface area contributed by atoms with E-state index in [9.17, 15) is 0 Å². The van der Waals surface area contributed by atoms with Crippen LogP contribution in [0.5, 0.6) is 0 Å². The molecular weight excluding hydrogens is 330 g/mol. The highest BCUT2D eigenvalue weighted by Crippen LogP contribution is 2.31. The van der Waals surface area contributed by atoms with Gasteiger partial charge in [0.05, 0.1) is 24.2 Å². The highest BCUT2D eigenvalue weighted by atomic mass is 35.5. The van der Waals surface area contributed by atoms with Gasteiger partial charge in [-0.25, -0.2) is 0 Å². The van der Waals surface area contributed by atoms with E-state index in [4.69, 9.17) is 21.1 Å². The first kappa shape index (κ1) is 16.9. The average Bonchev–Trinajstić information content (AvgIpc) is 2.92. The quantitative estimate of drug-likeness (QED) is 0.700. The van der Waals surface area contributed by atoms with E-state index in [1.165, 1.54) is 21.6 Å². The van der Waals surface area contributed by atoms with Gasteiger partial charge >= 0.3 is 0 Å². The predicted octanol–water partition coefficient (Wildman–Crippen LogP) is 4.12. The van der Waals surface area contributed by atoms with Crippen molar-refractivity contribution in [3.63, 3.8) is 0 Å². The van der Waals surface area contributed by atoms with E-state index in [0.717, 1.165) is 30.4 Å². The molecule has 5 heteroatoms.